The highest BCUT2D eigenvalue weighted by molar-refractivity contribution is 6.39. The van der Waals surface area contributed by atoms with Gasteiger partial charge < -0.3 is 0 Å². The lowest BCUT2D eigenvalue weighted by molar-refractivity contribution is 0.0945. The molecule has 0 unspecified atom stereocenters. The SMILES string of the molecule is O=C(c1c(Cl)cccc1Cl)n1cccn1. The van der Waals surface area contributed by atoms with Crippen LogP contribution >= 0.6 is 23.2 Å². The fraction of sp³-hybridized carbons (Fsp3) is 0. The lowest BCUT2D eigenvalue weighted by atomic mass is 10.2. The lowest BCUT2D eigenvalue weighted by Gasteiger charge is -2.04. The third kappa shape index (κ3) is 1.89. The Hall–Kier alpha value is -1.32. The van der Waals surface area contributed by atoms with Gasteiger partial charge in [-0.15, -0.1) is 0 Å². The Kier molecular flexibility index (Phi) is 2.75. The molecule has 0 N–H and O–H groups in total. The fourth-order valence-electron chi connectivity index (χ4n) is 1.21. The molecule has 3 nitrogen and oxygen atoms in total. The number of carbonyl (C=O) groups excluding carboxylic acids is 1. The van der Waals surface area contributed by atoms with Gasteiger partial charge in [0.1, 0.15) is 0 Å². The predicted octanol–water partition coefficient (Wildman–Crippen LogP) is 2.88. The highest BCUT2D eigenvalue weighted by atomic mass is 35.5. The second-order valence-corrected chi connectivity index (χ2v) is 3.67. The van der Waals surface area contributed by atoms with Gasteiger partial charge >= 0.3 is 0 Å². The van der Waals surface area contributed by atoms with Crippen LogP contribution in [0.15, 0.2) is 36.7 Å². The summed E-state index contributed by atoms with van der Waals surface area (Å²) in [6, 6.07) is 6.57. The van der Waals surface area contributed by atoms with Gasteiger partial charge in [0.15, 0.2) is 0 Å². The van der Waals surface area contributed by atoms with Crippen molar-refractivity contribution in [2.45, 2.75) is 0 Å². The average Bonchev–Trinajstić information content (AvgIpc) is 2.69. The van der Waals surface area contributed by atoms with E-state index in [1.165, 1.54) is 10.9 Å². The topological polar surface area (TPSA) is 34.9 Å². The van der Waals surface area contributed by atoms with Crippen LogP contribution in [0.3, 0.4) is 0 Å². The van der Waals surface area contributed by atoms with Crippen molar-refractivity contribution in [2.24, 2.45) is 0 Å². The minimum atomic E-state index is -0.337. The first-order valence-corrected chi connectivity index (χ1v) is 4.94. The van der Waals surface area contributed by atoms with Gasteiger partial charge in [0.05, 0.1) is 15.6 Å². The van der Waals surface area contributed by atoms with E-state index in [4.69, 9.17) is 23.2 Å². The van der Waals surface area contributed by atoms with Gasteiger partial charge in [0.25, 0.3) is 5.91 Å². The van der Waals surface area contributed by atoms with Crippen LogP contribution in [0.25, 0.3) is 0 Å². The van der Waals surface area contributed by atoms with Gasteiger partial charge in [-0.25, -0.2) is 4.68 Å². The zero-order chi connectivity index (χ0) is 10.8. The van der Waals surface area contributed by atoms with Crippen LogP contribution in [0.5, 0.6) is 0 Å². The quantitative estimate of drug-likeness (QED) is 0.769. The molecule has 1 aromatic heterocycles. The molecule has 2 rings (SSSR count). The Balaban J connectivity index is 2.51. The Morgan fingerprint density at radius 3 is 2.40 bits per heavy atom. The molecule has 0 aliphatic rings. The Bertz CT molecular complexity index is 474. The van der Waals surface area contributed by atoms with Gasteiger partial charge in [-0.05, 0) is 18.2 Å². The van der Waals surface area contributed by atoms with E-state index in [9.17, 15) is 4.79 Å². The monoisotopic (exact) mass is 240 g/mol. The number of nitrogens with zero attached hydrogens (tertiary/aromatic N) is 2. The molecule has 0 atom stereocenters. The van der Waals surface area contributed by atoms with Crippen LogP contribution in [-0.2, 0) is 0 Å². The molecular weight excluding hydrogens is 235 g/mol. The molecule has 0 saturated heterocycles. The van der Waals surface area contributed by atoms with Crippen LogP contribution in [0.1, 0.15) is 10.4 Å². The van der Waals surface area contributed by atoms with Crippen molar-refractivity contribution in [1.29, 1.82) is 0 Å². The van der Waals surface area contributed by atoms with E-state index in [1.54, 1.807) is 30.5 Å². The van der Waals surface area contributed by atoms with E-state index < -0.39 is 0 Å². The van der Waals surface area contributed by atoms with Crippen molar-refractivity contribution >= 4 is 29.1 Å². The van der Waals surface area contributed by atoms with Crippen LogP contribution in [0, 0.1) is 0 Å². The number of hydrogen-bond donors (Lipinski definition) is 0. The highest BCUT2D eigenvalue weighted by Crippen LogP contribution is 2.24. The number of hydrogen-bond acceptors (Lipinski definition) is 2. The van der Waals surface area contributed by atoms with Crippen molar-refractivity contribution in [2.75, 3.05) is 0 Å². The molecule has 0 aliphatic heterocycles. The van der Waals surface area contributed by atoms with Crippen molar-refractivity contribution in [3.05, 3.63) is 52.3 Å². The molecule has 5 heteroatoms. The molecule has 2 aromatic rings. The summed E-state index contributed by atoms with van der Waals surface area (Å²) in [6.45, 7) is 0. The van der Waals surface area contributed by atoms with E-state index in [2.05, 4.69) is 5.10 Å². The molecule has 76 valence electrons. The summed E-state index contributed by atoms with van der Waals surface area (Å²) in [5.74, 6) is -0.337. The summed E-state index contributed by atoms with van der Waals surface area (Å²) in [4.78, 5) is 11.9. The maximum absolute atomic E-state index is 11.9. The average molecular weight is 241 g/mol. The molecule has 0 fully saturated rings. The molecule has 15 heavy (non-hydrogen) atoms. The highest BCUT2D eigenvalue weighted by Gasteiger charge is 2.16. The number of aromatic nitrogens is 2. The smallest absolute Gasteiger partial charge is 0.267 e. The van der Waals surface area contributed by atoms with Gasteiger partial charge in [-0.1, -0.05) is 29.3 Å². The van der Waals surface area contributed by atoms with E-state index in [1.807, 2.05) is 0 Å². The number of carbonyl (C=O) groups is 1. The molecule has 0 radical (unpaired) electrons. The van der Waals surface area contributed by atoms with Crippen LogP contribution in [0.4, 0.5) is 0 Å². The van der Waals surface area contributed by atoms with Crippen molar-refractivity contribution in [1.82, 2.24) is 9.78 Å². The molecular formula is C10H6Cl2N2O. The first-order valence-electron chi connectivity index (χ1n) is 4.18. The molecule has 0 bridgehead atoms. The second kappa shape index (κ2) is 4.04. The molecule has 0 aliphatic carbocycles. The fourth-order valence-corrected chi connectivity index (χ4v) is 1.76. The third-order valence-electron chi connectivity index (χ3n) is 1.89. The number of halogens is 2. The maximum atomic E-state index is 11.9. The molecule has 0 saturated carbocycles. The van der Waals surface area contributed by atoms with E-state index in [0.717, 1.165) is 0 Å². The summed E-state index contributed by atoms with van der Waals surface area (Å²) in [5.41, 5.74) is 0.268. The van der Waals surface area contributed by atoms with E-state index in [0.29, 0.717) is 10.0 Å². The third-order valence-corrected chi connectivity index (χ3v) is 2.52. The summed E-state index contributed by atoms with van der Waals surface area (Å²) < 4.78 is 1.19. The van der Waals surface area contributed by atoms with Gasteiger partial charge in [0.2, 0.25) is 0 Å². The maximum Gasteiger partial charge on any atom is 0.281 e. The van der Waals surface area contributed by atoms with E-state index >= 15 is 0 Å². The lowest BCUT2D eigenvalue weighted by Crippen LogP contribution is -2.13. The Labute approximate surface area is 96.2 Å². The van der Waals surface area contributed by atoms with Gasteiger partial charge in [-0.3, -0.25) is 4.79 Å². The number of rotatable bonds is 1. The standard InChI is InChI=1S/C10H6Cl2N2O/c11-7-3-1-4-8(12)9(7)10(15)14-6-2-5-13-14/h1-6H. The minimum absolute atomic E-state index is 0.268. The zero-order valence-electron chi connectivity index (χ0n) is 7.52. The van der Waals surface area contributed by atoms with Crippen LogP contribution in [-0.4, -0.2) is 15.7 Å². The largest absolute Gasteiger partial charge is 0.281 e. The molecule has 1 aromatic carbocycles. The van der Waals surface area contributed by atoms with Gasteiger partial charge in [0, 0.05) is 12.4 Å². The minimum Gasteiger partial charge on any atom is -0.267 e. The normalized spacial score (nSPS) is 10.3. The molecule has 0 spiro atoms. The van der Waals surface area contributed by atoms with E-state index in [-0.39, 0.29) is 11.5 Å². The first kappa shape index (κ1) is 10.2. The van der Waals surface area contributed by atoms with Crippen molar-refractivity contribution in [3.63, 3.8) is 0 Å². The summed E-state index contributed by atoms with van der Waals surface area (Å²) >= 11 is 11.8. The van der Waals surface area contributed by atoms with Gasteiger partial charge in [-0.2, -0.15) is 5.10 Å². The molecule has 0 amide bonds. The predicted molar refractivity (Wildman–Crippen MR) is 58.4 cm³/mol. The Morgan fingerprint density at radius 1 is 1.20 bits per heavy atom. The summed E-state index contributed by atoms with van der Waals surface area (Å²) in [7, 11) is 0. The van der Waals surface area contributed by atoms with Crippen molar-refractivity contribution < 1.29 is 4.79 Å². The first-order chi connectivity index (χ1) is 7.20. The second-order valence-electron chi connectivity index (χ2n) is 2.85. The number of benzene rings is 1. The van der Waals surface area contributed by atoms with Crippen molar-refractivity contribution in [3.8, 4) is 0 Å². The van der Waals surface area contributed by atoms with Crippen LogP contribution < -0.4 is 0 Å². The summed E-state index contributed by atoms with van der Waals surface area (Å²) in [5, 5.41) is 4.47. The Morgan fingerprint density at radius 2 is 1.87 bits per heavy atom. The zero-order valence-corrected chi connectivity index (χ0v) is 9.03. The van der Waals surface area contributed by atoms with Crippen LogP contribution in [0.2, 0.25) is 10.0 Å². The summed E-state index contributed by atoms with van der Waals surface area (Å²) in [6.07, 6.45) is 3.06. The molecule has 1 heterocycles.